The van der Waals surface area contributed by atoms with Gasteiger partial charge in [-0.15, -0.1) is 0 Å². The van der Waals surface area contributed by atoms with Gasteiger partial charge in [-0.25, -0.2) is 4.39 Å². The standard InChI is InChI=1S/C16H24FN3OS/c1-18-16(19-10-14-4-3-9-22-14)20-11-15(21-2)12-5-7-13(17)8-6-12/h5-8,14-15H,3-4,9-11H2,1-2H3,(H2,18,19,20). The largest absolute Gasteiger partial charge is 0.375 e. The smallest absolute Gasteiger partial charge is 0.191 e. The molecule has 2 rings (SSSR count). The lowest BCUT2D eigenvalue weighted by atomic mass is 10.1. The number of guanidine groups is 1. The molecule has 0 bridgehead atoms. The van der Waals surface area contributed by atoms with E-state index in [0.717, 1.165) is 18.1 Å². The Kier molecular flexibility index (Phi) is 6.99. The van der Waals surface area contributed by atoms with Crippen LogP contribution in [-0.2, 0) is 4.74 Å². The van der Waals surface area contributed by atoms with E-state index >= 15 is 0 Å². The minimum absolute atomic E-state index is 0.139. The molecule has 0 spiro atoms. The zero-order chi connectivity index (χ0) is 15.8. The van der Waals surface area contributed by atoms with Crippen LogP contribution in [0.1, 0.15) is 24.5 Å². The first-order valence-corrected chi connectivity index (χ1v) is 8.62. The highest BCUT2D eigenvalue weighted by atomic mass is 32.2. The highest BCUT2D eigenvalue weighted by Gasteiger charge is 2.16. The van der Waals surface area contributed by atoms with Gasteiger partial charge in [0.05, 0.1) is 6.10 Å². The van der Waals surface area contributed by atoms with E-state index in [2.05, 4.69) is 15.6 Å². The van der Waals surface area contributed by atoms with Crippen molar-refractivity contribution in [1.82, 2.24) is 10.6 Å². The maximum atomic E-state index is 13.0. The van der Waals surface area contributed by atoms with E-state index in [4.69, 9.17) is 4.74 Å². The summed E-state index contributed by atoms with van der Waals surface area (Å²) in [6.07, 6.45) is 2.43. The predicted octanol–water partition coefficient (Wildman–Crippen LogP) is 2.57. The monoisotopic (exact) mass is 325 g/mol. The molecular formula is C16H24FN3OS. The topological polar surface area (TPSA) is 45.7 Å². The Balaban J connectivity index is 1.81. The third-order valence-electron chi connectivity index (χ3n) is 3.73. The first-order chi connectivity index (χ1) is 10.7. The van der Waals surface area contributed by atoms with Crippen molar-refractivity contribution >= 4 is 17.7 Å². The zero-order valence-electron chi connectivity index (χ0n) is 13.1. The molecule has 22 heavy (non-hydrogen) atoms. The number of hydrogen-bond donors (Lipinski definition) is 2. The second-order valence-electron chi connectivity index (χ2n) is 5.24. The van der Waals surface area contributed by atoms with Crippen LogP contribution in [0.15, 0.2) is 29.3 Å². The maximum absolute atomic E-state index is 13.0. The van der Waals surface area contributed by atoms with Gasteiger partial charge in [0.15, 0.2) is 5.96 Å². The molecular weight excluding hydrogens is 301 g/mol. The van der Waals surface area contributed by atoms with E-state index in [1.807, 2.05) is 11.8 Å². The number of aliphatic imine (C=N–C) groups is 1. The van der Waals surface area contributed by atoms with Crippen LogP contribution in [0.3, 0.4) is 0 Å². The fourth-order valence-electron chi connectivity index (χ4n) is 2.44. The van der Waals surface area contributed by atoms with Crippen molar-refractivity contribution in [2.24, 2.45) is 4.99 Å². The molecule has 1 saturated heterocycles. The minimum atomic E-state index is -0.238. The fraction of sp³-hybridized carbons (Fsp3) is 0.562. The lowest BCUT2D eigenvalue weighted by Gasteiger charge is -2.19. The molecule has 2 unspecified atom stereocenters. The van der Waals surface area contributed by atoms with Crippen molar-refractivity contribution < 1.29 is 9.13 Å². The van der Waals surface area contributed by atoms with Crippen LogP contribution in [0.5, 0.6) is 0 Å². The SMILES string of the molecule is CN=C(NCC1CCCS1)NCC(OC)c1ccc(F)cc1. The number of methoxy groups -OCH3 is 1. The van der Waals surface area contributed by atoms with Crippen LogP contribution in [-0.4, -0.2) is 44.2 Å². The van der Waals surface area contributed by atoms with E-state index in [9.17, 15) is 4.39 Å². The van der Waals surface area contributed by atoms with Crippen molar-refractivity contribution in [2.45, 2.75) is 24.2 Å². The first-order valence-electron chi connectivity index (χ1n) is 7.57. The summed E-state index contributed by atoms with van der Waals surface area (Å²) in [4.78, 5) is 4.23. The summed E-state index contributed by atoms with van der Waals surface area (Å²) in [6.45, 7) is 1.51. The summed E-state index contributed by atoms with van der Waals surface area (Å²) in [5, 5.41) is 7.30. The molecule has 1 fully saturated rings. The Morgan fingerprint density at radius 3 is 2.77 bits per heavy atom. The van der Waals surface area contributed by atoms with Crippen molar-refractivity contribution in [3.63, 3.8) is 0 Å². The van der Waals surface area contributed by atoms with Crippen LogP contribution in [0.2, 0.25) is 0 Å². The van der Waals surface area contributed by atoms with Gasteiger partial charge in [-0.3, -0.25) is 4.99 Å². The van der Waals surface area contributed by atoms with Crippen molar-refractivity contribution in [1.29, 1.82) is 0 Å². The zero-order valence-corrected chi connectivity index (χ0v) is 14.0. The van der Waals surface area contributed by atoms with Crippen molar-refractivity contribution in [2.75, 3.05) is 33.0 Å². The lowest BCUT2D eigenvalue weighted by Crippen LogP contribution is -2.42. The van der Waals surface area contributed by atoms with Gasteiger partial charge in [0, 0.05) is 32.5 Å². The summed E-state index contributed by atoms with van der Waals surface area (Å²) in [7, 11) is 3.41. The Morgan fingerprint density at radius 1 is 1.41 bits per heavy atom. The molecule has 6 heteroatoms. The van der Waals surface area contributed by atoms with E-state index in [1.54, 1.807) is 26.3 Å². The molecule has 2 N–H and O–H groups in total. The van der Waals surface area contributed by atoms with Crippen LogP contribution >= 0.6 is 11.8 Å². The van der Waals surface area contributed by atoms with Crippen LogP contribution in [0.4, 0.5) is 4.39 Å². The second-order valence-corrected chi connectivity index (χ2v) is 6.65. The highest BCUT2D eigenvalue weighted by Crippen LogP contribution is 2.25. The van der Waals surface area contributed by atoms with Gasteiger partial charge in [0.25, 0.3) is 0 Å². The molecule has 0 aromatic heterocycles. The molecule has 4 nitrogen and oxygen atoms in total. The van der Waals surface area contributed by atoms with Crippen LogP contribution < -0.4 is 10.6 Å². The van der Waals surface area contributed by atoms with Crippen LogP contribution in [0.25, 0.3) is 0 Å². The molecule has 1 aliphatic rings. The Labute approximate surface area is 135 Å². The maximum Gasteiger partial charge on any atom is 0.191 e. The number of rotatable bonds is 6. The van der Waals surface area contributed by atoms with Gasteiger partial charge in [-0.1, -0.05) is 12.1 Å². The van der Waals surface area contributed by atoms with Gasteiger partial charge in [0.2, 0.25) is 0 Å². The van der Waals surface area contributed by atoms with Gasteiger partial charge < -0.3 is 15.4 Å². The Morgan fingerprint density at radius 2 is 2.18 bits per heavy atom. The minimum Gasteiger partial charge on any atom is -0.375 e. The molecule has 122 valence electrons. The van der Waals surface area contributed by atoms with Crippen molar-refractivity contribution in [3.8, 4) is 0 Å². The lowest BCUT2D eigenvalue weighted by molar-refractivity contribution is 0.106. The fourth-order valence-corrected chi connectivity index (χ4v) is 3.64. The molecule has 0 radical (unpaired) electrons. The third-order valence-corrected chi connectivity index (χ3v) is 5.12. The highest BCUT2D eigenvalue weighted by molar-refractivity contribution is 8.00. The summed E-state index contributed by atoms with van der Waals surface area (Å²) < 4.78 is 18.5. The van der Waals surface area contributed by atoms with E-state index in [0.29, 0.717) is 11.8 Å². The summed E-state index contributed by atoms with van der Waals surface area (Å²) in [6, 6.07) is 6.39. The molecule has 2 atom stereocenters. The first kappa shape index (κ1) is 17.1. The van der Waals surface area contributed by atoms with Gasteiger partial charge >= 0.3 is 0 Å². The molecule has 0 amide bonds. The van der Waals surface area contributed by atoms with Gasteiger partial charge in [-0.2, -0.15) is 11.8 Å². The second kappa shape index (κ2) is 9.00. The number of thioether (sulfide) groups is 1. The van der Waals surface area contributed by atoms with Gasteiger partial charge in [-0.05, 0) is 36.3 Å². The van der Waals surface area contributed by atoms with E-state index in [-0.39, 0.29) is 11.9 Å². The molecule has 0 aliphatic carbocycles. The average Bonchev–Trinajstić information content (AvgIpc) is 3.05. The van der Waals surface area contributed by atoms with Crippen LogP contribution in [0, 0.1) is 5.82 Å². The van der Waals surface area contributed by atoms with Gasteiger partial charge in [0.1, 0.15) is 5.82 Å². The predicted molar refractivity (Wildman–Crippen MR) is 91.0 cm³/mol. The molecule has 1 aromatic rings. The number of halogens is 1. The summed E-state index contributed by atoms with van der Waals surface area (Å²) in [5.41, 5.74) is 0.943. The quantitative estimate of drug-likeness (QED) is 0.623. The van der Waals surface area contributed by atoms with E-state index < -0.39 is 0 Å². The summed E-state index contributed by atoms with van der Waals surface area (Å²) >= 11 is 2.02. The molecule has 1 aliphatic heterocycles. The average molecular weight is 325 g/mol. The number of ether oxygens (including phenoxy) is 1. The number of nitrogens with one attached hydrogen (secondary N) is 2. The summed E-state index contributed by atoms with van der Waals surface area (Å²) in [5.74, 6) is 1.80. The number of nitrogens with zero attached hydrogens (tertiary/aromatic N) is 1. The molecule has 0 saturated carbocycles. The molecule has 1 heterocycles. The third kappa shape index (κ3) is 5.18. The Hall–Kier alpha value is -1.27. The Bertz CT molecular complexity index is 475. The van der Waals surface area contributed by atoms with Crippen molar-refractivity contribution in [3.05, 3.63) is 35.6 Å². The molecule has 1 aromatic carbocycles. The number of hydrogen-bond acceptors (Lipinski definition) is 3. The normalized spacial score (nSPS) is 20.0. The number of benzene rings is 1. The van der Waals surface area contributed by atoms with E-state index in [1.165, 1.54) is 30.7 Å².